The summed E-state index contributed by atoms with van der Waals surface area (Å²) in [7, 11) is 0. The lowest BCUT2D eigenvalue weighted by Gasteiger charge is -2.13. The van der Waals surface area contributed by atoms with Crippen molar-refractivity contribution in [3.63, 3.8) is 0 Å². The number of rotatable bonds is 8. The second-order valence-corrected chi connectivity index (χ2v) is 11.4. The fourth-order valence-electron chi connectivity index (χ4n) is 3.70. The van der Waals surface area contributed by atoms with Gasteiger partial charge in [0.05, 0.1) is 7.14 Å². The fraction of sp³-hybridized carbons (Fsp3) is 0.148. The molecule has 4 rings (SSSR count). The summed E-state index contributed by atoms with van der Waals surface area (Å²) in [5.41, 5.74) is 3.53. The average molecular weight is 786 g/mol. The Bertz CT molecular complexity index is 1370. The highest BCUT2D eigenvalue weighted by Crippen LogP contribution is 2.31. The lowest BCUT2D eigenvalue weighted by atomic mass is 10.1. The second kappa shape index (κ2) is 12.4. The third-order valence-electron chi connectivity index (χ3n) is 5.56. The molecule has 0 bridgehead atoms. The quantitative estimate of drug-likeness (QED) is 0.159. The predicted octanol–water partition coefficient (Wildman–Crippen LogP) is 6.33. The Morgan fingerprint density at radius 2 is 1.76 bits per heavy atom. The van der Waals surface area contributed by atoms with E-state index in [1.165, 1.54) is 0 Å². The van der Waals surface area contributed by atoms with E-state index in [4.69, 9.17) is 4.74 Å². The molecule has 0 spiro atoms. The normalized spacial score (nSPS) is 14.2. The van der Waals surface area contributed by atoms with Gasteiger partial charge in [-0.05, 0) is 105 Å². The summed E-state index contributed by atoms with van der Waals surface area (Å²) in [6.45, 7) is 2.04. The number of carbonyl (C=O) groups excluding carboxylic acids is 3. The molecule has 0 radical (unpaired) electrons. The lowest BCUT2D eigenvalue weighted by molar-refractivity contribution is -0.127. The maximum absolute atomic E-state index is 12.9. The molecular weight excluding hydrogens is 764 g/mol. The van der Waals surface area contributed by atoms with E-state index in [1.54, 1.807) is 12.1 Å². The summed E-state index contributed by atoms with van der Waals surface area (Å²) in [5, 5.41) is 5.37. The highest BCUT2D eigenvalue weighted by atomic mass is 127. The largest absolute Gasteiger partial charge is 0.487 e. The molecule has 4 amide bonds. The van der Waals surface area contributed by atoms with Crippen molar-refractivity contribution in [2.45, 2.75) is 20.0 Å². The van der Waals surface area contributed by atoms with Gasteiger partial charge in [0, 0.05) is 10.2 Å². The third-order valence-corrected chi connectivity index (χ3v) is 7.70. The molecule has 1 heterocycles. The highest BCUT2D eigenvalue weighted by molar-refractivity contribution is 14.1. The van der Waals surface area contributed by atoms with Crippen LogP contribution < -0.4 is 15.4 Å². The molecule has 190 valence electrons. The highest BCUT2D eigenvalue weighted by Gasteiger charge is 2.35. The number of imide groups is 1. The van der Waals surface area contributed by atoms with E-state index in [0.29, 0.717) is 12.3 Å². The van der Waals surface area contributed by atoms with E-state index in [-0.39, 0.29) is 12.2 Å². The van der Waals surface area contributed by atoms with Crippen molar-refractivity contribution >= 4 is 90.7 Å². The first-order chi connectivity index (χ1) is 17.7. The number of amides is 4. The number of aryl methyl sites for hydroxylation is 1. The number of ether oxygens (including phenoxy) is 1. The number of hydrogen-bond donors (Lipinski definition) is 2. The summed E-state index contributed by atoms with van der Waals surface area (Å²) in [4.78, 5) is 38.9. The zero-order valence-electron chi connectivity index (χ0n) is 19.7. The van der Waals surface area contributed by atoms with E-state index in [9.17, 15) is 14.4 Å². The van der Waals surface area contributed by atoms with Gasteiger partial charge < -0.3 is 15.4 Å². The summed E-state index contributed by atoms with van der Waals surface area (Å²) in [6, 6.07) is 18.5. The van der Waals surface area contributed by atoms with Crippen LogP contribution in [0.2, 0.25) is 0 Å². The zero-order valence-corrected chi connectivity index (χ0v) is 25.6. The Morgan fingerprint density at radius 3 is 2.43 bits per heavy atom. The van der Waals surface area contributed by atoms with Gasteiger partial charge >= 0.3 is 6.03 Å². The molecule has 1 saturated heterocycles. The summed E-state index contributed by atoms with van der Waals surface area (Å²) in [5.74, 6) is -0.245. The Hall–Kier alpha value is -2.45. The molecule has 7 nitrogen and oxygen atoms in total. The van der Waals surface area contributed by atoms with Gasteiger partial charge in [0.15, 0.2) is 0 Å². The minimum Gasteiger partial charge on any atom is -0.487 e. The summed E-state index contributed by atoms with van der Waals surface area (Å²) < 4.78 is 8.79. The van der Waals surface area contributed by atoms with E-state index in [0.717, 1.165) is 45.4 Å². The molecule has 0 aromatic heterocycles. The standard InChI is InChI=1S/C27H22BrI2N3O4/c1-2-18-5-3-4-6-22(18)31-24(34)14-33-26(35)23(32-27(33)36)13-17-11-20(29)25(21(30)12-17)37-15-16-7-9-19(28)10-8-16/h3-13H,2,14-15H2,1H3,(H,31,34)(H,32,36)/b23-13+. The number of halogens is 3. The monoisotopic (exact) mass is 785 g/mol. The summed E-state index contributed by atoms with van der Waals surface area (Å²) >= 11 is 7.81. The van der Waals surface area contributed by atoms with Crippen LogP contribution in [0.1, 0.15) is 23.6 Å². The van der Waals surface area contributed by atoms with Crippen LogP contribution in [0.25, 0.3) is 6.08 Å². The Morgan fingerprint density at radius 1 is 1.08 bits per heavy atom. The molecule has 2 N–H and O–H groups in total. The first-order valence-corrected chi connectivity index (χ1v) is 14.3. The topological polar surface area (TPSA) is 87.7 Å². The summed E-state index contributed by atoms with van der Waals surface area (Å²) in [6.07, 6.45) is 2.35. The SMILES string of the molecule is CCc1ccccc1NC(=O)CN1C(=O)N/C(=C/c2cc(I)c(OCc3ccc(Br)cc3)c(I)c2)C1=O. The molecule has 0 aliphatic carbocycles. The zero-order chi connectivity index (χ0) is 26.5. The van der Waals surface area contributed by atoms with Gasteiger partial charge in [-0.1, -0.05) is 53.2 Å². The van der Waals surface area contributed by atoms with Crippen LogP contribution in [-0.2, 0) is 22.6 Å². The average Bonchev–Trinajstić information content (AvgIpc) is 3.12. The first kappa shape index (κ1) is 27.6. The maximum Gasteiger partial charge on any atom is 0.329 e. The van der Waals surface area contributed by atoms with Crippen molar-refractivity contribution in [3.05, 3.63) is 94.7 Å². The number of anilines is 1. The van der Waals surface area contributed by atoms with Gasteiger partial charge in [0.2, 0.25) is 5.91 Å². The van der Waals surface area contributed by atoms with Crippen molar-refractivity contribution in [2.75, 3.05) is 11.9 Å². The molecular formula is C27H22BrI2N3O4. The molecule has 3 aromatic carbocycles. The van der Waals surface area contributed by atoms with Crippen LogP contribution in [0.15, 0.2) is 70.8 Å². The van der Waals surface area contributed by atoms with Crippen LogP contribution in [0, 0.1) is 7.14 Å². The molecule has 10 heteroatoms. The molecule has 0 unspecified atom stereocenters. The van der Waals surface area contributed by atoms with E-state index >= 15 is 0 Å². The maximum atomic E-state index is 12.9. The molecule has 3 aromatic rings. The van der Waals surface area contributed by atoms with Crippen molar-refractivity contribution in [1.82, 2.24) is 10.2 Å². The number of urea groups is 1. The van der Waals surface area contributed by atoms with Gasteiger partial charge in [-0.25, -0.2) is 9.69 Å². The minimum absolute atomic E-state index is 0.113. The number of hydrogen-bond acceptors (Lipinski definition) is 4. The third kappa shape index (κ3) is 6.90. The van der Waals surface area contributed by atoms with Crippen molar-refractivity contribution < 1.29 is 19.1 Å². The number of carbonyl (C=O) groups is 3. The van der Waals surface area contributed by atoms with Crippen LogP contribution in [0.5, 0.6) is 5.75 Å². The molecule has 1 aliphatic rings. The van der Waals surface area contributed by atoms with Crippen molar-refractivity contribution in [1.29, 1.82) is 0 Å². The number of nitrogens with one attached hydrogen (secondary N) is 2. The first-order valence-electron chi connectivity index (χ1n) is 11.3. The Kier molecular flexibility index (Phi) is 9.24. The predicted molar refractivity (Wildman–Crippen MR) is 163 cm³/mol. The minimum atomic E-state index is -0.631. The van der Waals surface area contributed by atoms with E-state index in [2.05, 4.69) is 71.7 Å². The van der Waals surface area contributed by atoms with Gasteiger partial charge in [0.25, 0.3) is 5.91 Å². The van der Waals surface area contributed by atoms with Crippen LogP contribution in [-0.4, -0.2) is 29.3 Å². The van der Waals surface area contributed by atoms with Crippen molar-refractivity contribution in [3.8, 4) is 5.75 Å². The molecule has 0 saturated carbocycles. The molecule has 37 heavy (non-hydrogen) atoms. The number of benzene rings is 3. The van der Waals surface area contributed by atoms with Gasteiger partial charge in [-0.2, -0.15) is 0 Å². The van der Waals surface area contributed by atoms with Crippen LogP contribution in [0.4, 0.5) is 10.5 Å². The van der Waals surface area contributed by atoms with Crippen LogP contribution in [0.3, 0.4) is 0 Å². The van der Waals surface area contributed by atoms with Gasteiger partial charge in [-0.15, -0.1) is 0 Å². The van der Waals surface area contributed by atoms with E-state index < -0.39 is 17.8 Å². The van der Waals surface area contributed by atoms with Crippen molar-refractivity contribution in [2.24, 2.45) is 0 Å². The lowest BCUT2D eigenvalue weighted by Crippen LogP contribution is -2.38. The molecule has 0 atom stereocenters. The van der Waals surface area contributed by atoms with Crippen LogP contribution >= 0.6 is 61.1 Å². The van der Waals surface area contributed by atoms with Gasteiger partial charge in [-0.3, -0.25) is 9.59 Å². The van der Waals surface area contributed by atoms with E-state index in [1.807, 2.05) is 61.5 Å². The number of para-hydroxylation sites is 1. The second-order valence-electron chi connectivity index (χ2n) is 8.17. The smallest absolute Gasteiger partial charge is 0.329 e. The molecule has 1 fully saturated rings. The Balaban J connectivity index is 1.44. The van der Waals surface area contributed by atoms with Gasteiger partial charge in [0.1, 0.15) is 24.6 Å². The number of nitrogens with zero attached hydrogens (tertiary/aromatic N) is 1. The Labute approximate surface area is 250 Å². The molecule has 1 aliphatic heterocycles. The fourth-order valence-corrected chi connectivity index (χ4v) is 6.09.